The van der Waals surface area contributed by atoms with Crippen LogP contribution in [0.25, 0.3) is 0 Å². The first-order valence-electron chi connectivity index (χ1n) is 7.77. The molecule has 0 spiro atoms. The van der Waals surface area contributed by atoms with Gasteiger partial charge < -0.3 is 15.4 Å². The number of esters is 1. The van der Waals surface area contributed by atoms with Crippen LogP contribution in [-0.4, -0.2) is 24.4 Å². The molecule has 0 saturated heterocycles. The van der Waals surface area contributed by atoms with E-state index in [-0.39, 0.29) is 11.5 Å². The van der Waals surface area contributed by atoms with E-state index in [1.807, 2.05) is 26.0 Å². The van der Waals surface area contributed by atoms with Crippen LogP contribution in [0.4, 0.5) is 11.4 Å². The van der Waals surface area contributed by atoms with Crippen LogP contribution in [0, 0.1) is 13.8 Å². The summed E-state index contributed by atoms with van der Waals surface area (Å²) in [6.45, 7) is 4.92. The van der Waals surface area contributed by atoms with Crippen molar-refractivity contribution in [3.05, 3.63) is 59.2 Å². The lowest BCUT2D eigenvalue weighted by molar-refractivity contribution is -0.119. The van der Waals surface area contributed by atoms with E-state index in [4.69, 9.17) is 4.74 Å². The van der Waals surface area contributed by atoms with Crippen molar-refractivity contribution < 1.29 is 19.1 Å². The van der Waals surface area contributed by atoms with Gasteiger partial charge in [0.1, 0.15) is 0 Å². The Balaban J connectivity index is 1.91. The molecule has 0 aliphatic carbocycles. The van der Waals surface area contributed by atoms with Gasteiger partial charge in [-0.2, -0.15) is 0 Å². The Morgan fingerprint density at radius 2 is 1.64 bits per heavy atom. The third kappa shape index (κ3) is 5.46. The van der Waals surface area contributed by atoms with Gasteiger partial charge in [0.2, 0.25) is 5.91 Å². The molecule has 2 aromatic rings. The number of amides is 2. The zero-order valence-corrected chi connectivity index (χ0v) is 14.4. The van der Waals surface area contributed by atoms with Crippen molar-refractivity contribution in [1.82, 2.24) is 0 Å². The highest BCUT2D eigenvalue weighted by Gasteiger charge is 2.11. The third-order valence-corrected chi connectivity index (χ3v) is 3.54. The van der Waals surface area contributed by atoms with Crippen LogP contribution in [0.15, 0.2) is 42.5 Å². The summed E-state index contributed by atoms with van der Waals surface area (Å²) in [4.78, 5) is 35.0. The van der Waals surface area contributed by atoms with Gasteiger partial charge in [-0.15, -0.1) is 0 Å². The largest absolute Gasteiger partial charge is 0.452 e. The molecule has 0 fully saturated rings. The van der Waals surface area contributed by atoms with Crippen molar-refractivity contribution in [2.75, 3.05) is 17.2 Å². The molecule has 0 atom stereocenters. The molecule has 130 valence electrons. The van der Waals surface area contributed by atoms with Crippen LogP contribution < -0.4 is 10.6 Å². The lowest BCUT2D eigenvalue weighted by Crippen LogP contribution is -2.21. The number of aryl methyl sites for hydroxylation is 2. The fourth-order valence-corrected chi connectivity index (χ4v) is 2.16. The Kier molecular flexibility index (Phi) is 5.89. The van der Waals surface area contributed by atoms with Gasteiger partial charge in [0.05, 0.1) is 5.56 Å². The fourth-order valence-electron chi connectivity index (χ4n) is 2.16. The van der Waals surface area contributed by atoms with Gasteiger partial charge in [0.25, 0.3) is 5.91 Å². The molecule has 0 aliphatic heterocycles. The van der Waals surface area contributed by atoms with Gasteiger partial charge in [-0.3, -0.25) is 9.59 Å². The van der Waals surface area contributed by atoms with E-state index in [0.29, 0.717) is 11.4 Å². The van der Waals surface area contributed by atoms with E-state index in [9.17, 15) is 14.4 Å². The van der Waals surface area contributed by atoms with Crippen molar-refractivity contribution >= 4 is 29.2 Å². The number of hydrogen-bond donors (Lipinski definition) is 2. The summed E-state index contributed by atoms with van der Waals surface area (Å²) < 4.78 is 5.01. The van der Waals surface area contributed by atoms with Crippen LogP contribution in [0.1, 0.15) is 28.4 Å². The number of rotatable bonds is 5. The van der Waals surface area contributed by atoms with Crippen molar-refractivity contribution in [2.45, 2.75) is 20.8 Å². The smallest absolute Gasteiger partial charge is 0.338 e. The molecule has 2 N–H and O–H groups in total. The number of nitrogens with one attached hydrogen (secondary N) is 2. The van der Waals surface area contributed by atoms with Crippen LogP contribution in [-0.2, 0) is 14.3 Å². The Bertz CT molecular complexity index is 815. The highest BCUT2D eigenvalue weighted by Crippen LogP contribution is 2.14. The van der Waals surface area contributed by atoms with Crippen LogP contribution in [0.5, 0.6) is 0 Å². The predicted molar refractivity (Wildman–Crippen MR) is 95.6 cm³/mol. The van der Waals surface area contributed by atoms with Crippen molar-refractivity contribution in [2.24, 2.45) is 0 Å². The molecule has 0 heterocycles. The maximum Gasteiger partial charge on any atom is 0.338 e. The molecular formula is C19H20N2O4. The van der Waals surface area contributed by atoms with E-state index in [1.165, 1.54) is 13.0 Å². The molecule has 0 unspecified atom stereocenters. The molecule has 25 heavy (non-hydrogen) atoms. The molecule has 6 nitrogen and oxygen atoms in total. The fraction of sp³-hybridized carbons (Fsp3) is 0.211. The Morgan fingerprint density at radius 3 is 2.32 bits per heavy atom. The van der Waals surface area contributed by atoms with Crippen molar-refractivity contribution in [3.63, 3.8) is 0 Å². The van der Waals surface area contributed by atoms with Crippen LogP contribution >= 0.6 is 0 Å². The minimum Gasteiger partial charge on any atom is -0.452 e. The summed E-state index contributed by atoms with van der Waals surface area (Å²) in [6.07, 6.45) is 0. The van der Waals surface area contributed by atoms with Crippen LogP contribution in [0.2, 0.25) is 0 Å². The van der Waals surface area contributed by atoms with Gasteiger partial charge >= 0.3 is 5.97 Å². The summed E-state index contributed by atoms with van der Waals surface area (Å²) >= 11 is 0. The number of ether oxygens (including phenoxy) is 1. The molecule has 0 radical (unpaired) electrons. The second-order valence-electron chi connectivity index (χ2n) is 5.69. The molecule has 0 saturated carbocycles. The van der Waals surface area contributed by atoms with E-state index in [0.717, 1.165) is 11.1 Å². The van der Waals surface area contributed by atoms with Crippen molar-refractivity contribution in [1.29, 1.82) is 0 Å². The van der Waals surface area contributed by atoms with Gasteiger partial charge in [-0.25, -0.2) is 4.79 Å². The Labute approximate surface area is 146 Å². The molecule has 0 aliphatic rings. The number of hydrogen-bond acceptors (Lipinski definition) is 4. The summed E-state index contributed by atoms with van der Waals surface area (Å²) in [5, 5.41) is 5.26. The first-order chi connectivity index (χ1) is 11.8. The second-order valence-corrected chi connectivity index (χ2v) is 5.69. The van der Waals surface area contributed by atoms with E-state index in [1.54, 1.807) is 24.3 Å². The predicted octanol–water partition coefficient (Wildman–Crippen LogP) is 3.06. The molecule has 2 aromatic carbocycles. The first-order valence-corrected chi connectivity index (χ1v) is 7.77. The van der Waals surface area contributed by atoms with Gasteiger partial charge in [-0.05, 0) is 55.3 Å². The molecule has 2 rings (SSSR count). The highest BCUT2D eigenvalue weighted by atomic mass is 16.5. The Morgan fingerprint density at radius 1 is 0.920 bits per heavy atom. The lowest BCUT2D eigenvalue weighted by Gasteiger charge is -2.09. The monoisotopic (exact) mass is 340 g/mol. The standard InChI is InChI=1S/C19H20N2O4/c1-12-7-8-17(9-13(12)2)21-18(23)11-25-19(24)15-5-4-6-16(10-15)20-14(3)22/h4-10H,11H2,1-3H3,(H,20,22)(H,21,23). The SMILES string of the molecule is CC(=O)Nc1cccc(C(=O)OCC(=O)Nc2ccc(C)c(C)c2)c1. The molecular weight excluding hydrogens is 320 g/mol. The number of anilines is 2. The molecule has 0 bridgehead atoms. The van der Waals surface area contributed by atoms with Crippen molar-refractivity contribution in [3.8, 4) is 0 Å². The highest BCUT2D eigenvalue weighted by molar-refractivity contribution is 5.96. The molecule has 0 aromatic heterocycles. The quantitative estimate of drug-likeness (QED) is 0.819. The topological polar surface area (TPSA) is 84.5 Å². The van der Waals surface area contributed by atoms with E-state index >= 15 is 0 Å². The van der Waals surface area contributed by atoms with Gasteiger partial charge in [-0.1, -0.05) is 12.1 Å². The maximum absolute atomic E-state index is 12.0. The zero-order valence-electron chi connectivity index (χ0n) is 14.4. The Hall–Kier alpha value is -3.15. The second kappa shape index (κ2) is 8.10. The number of benzene rings is 2. The van der Waals surface area contributed by atoms with Gasteiger partial charge in [0, 0.05) is 18.3 Å². The van der Waals surface area contributed by atoms with E-state index < -0.39 is 18.5 Å². The number of carbonyl (C=O) groups is 3. The summed E-state index contributed by atoms with van der Waals surface area (Å²) in [6, 6.07) is 11.9. The zero-order chi connectivity index (χ0) is 18.4. The average molecular weight is 340 g/mol. The average Bonchev–Trinajstić information content (AvgIpc) is 2.55. The lowest BCUT2D eigenvalue weighted by atomic mass is 10.1. The first kappa shape index (κ1) is 18.2. The summed E-state index contributed by atoms with van der Waals surface area (Å²) in [7, 11) is 0. The molecule has 6 heteroatoms. The number of carbonyl (C=O) groups excluding carboxylic acids is 3. The van der Waals surface area contributed by atoms with Gasteiger partial charge in [0.15, 0.2) is 6.61 Å². The summed E-state index contributed by atoms with van der Waals surface area (Å²) in [5.41, 5.74) is 3.58. The normalized spacial score (nSPS) is 10.0. The maximum atomic E-state index is 12.0. The minimum atomic E-state index is -0.637. The van der Waals surface area contributed by atoms with Crippen LogP contribution in [0.3, 0.4) is 0 Å². The minimum absolute atomic E-state index is 0.238. The molecule has 2 amide bonds. The third-order valence-electron chi connectivity index (χ3n) is 3.54. The van der Waals surface area contributed by atoms with E-state index in [2.05, 4.69) is 10.6 Å². The summed E-state index contributed by atoms with van der Waals surface area (Å²) in [5.74, 6) is -1.30.